The predicted molar refractivity (Wildman–Crippen MR) is 121 cm³/mol. The van der Waals surface area contributed by atoms with Crippen LogP contribution in [0.3, 0.4) is 0 Å². The Morgan fingerprint density at radius 1 is 1.38 bits per heavy atom. The molecule has 2 N–H and O–H groups in total. The molecule has 0 saturated heterocycles. The fourth-order valence-electron chi connectivity index (χ4n) is 3.38. The summed E-state index contributed by atoms with van der Waals surface area (Å²) < 4.78 is 11.1. The van der Waals surface area contributed by atoms with Gasteiger partial charge >= 0.3 is 6.09 Å². The van der Waals surface area contributed by atoms with E-state index in [4.69, 9.17) is 14.9 Å². The van der Waals surface area contributed by atoms with Crippen LogP contribution in [0.25, 0.3) is 0 Å². The summed E-state index contributed by atoms with van der Waals surface area (Å²) in [6.45, 7) is 11.1. The largest absolute Gasteiger partial charge is 0.444 e. The minimum Gasteiger partial charge on any atom is -0.444 e. The van der Waals surface area contributed by atoms with E-state index >= 15 is 0 Å². The molecule has 0 radical (unpaired) electrons. The number of benzene rings is 1. The second kappa shape index (κ2) is 9.94. The van der Waals surface area contributed by atoms with Crippen molar-refractivity contribution in [2.24, 2.45) is 0 Å². The monoisotopic (exact) mass is 467 g/mol. The molecule has 6 nitrogen and oxygen atoms in total. The molecular weight excluding hydrogens is 434 g/mol. The van der Waals surface area contributed by atoms with Gasteiger partial charge < -0.3 is 14.8 Å². The topological polar surface area (TPSA) is 74.7 Å². The molecule has 1 aromatic carbocycles. The van der Waals surface area contributed by atoms with Crippen molar-refractivity contribution in [3.05, 3.63) is 28.8 Å². The van der Waals surface area contributed by atoms with Gasteiger partial charge in [0, 0.05) is 37.6 Å². The molecule has 2 rings (SSSR count). The summed E-state index contributed by atoms with van der Waals surface area (Å²) in [5.41, 5.74) is 3.24. The molecule has 29 heavy (non-hydrogen) atoms. The third-order valence-corrected chi connectivity index (χ3v) is 5.26. The second-order valence-corrected chi connectivity index (χ2v) is 9.44. The van der Waals surface area contributed by atoms with Gasteiger partial charge in [-0.25, -0.2) is 4.79 Å². The van der Waals surface area contributed by atoms with Crippen molar-refractivity contribution in [2.45, 2.75) is 71.6 Å². The number of anilines is 1. The zero-order chi connectivity index (χ0) is 21.8. The molecule has 0 aromatic heterocycles. The van der Waals surface area contributed by atoms with E-state index in [2.05, 4.69) is 33.4 Å². The van der Waals surface area contributed by atoms with Crippen LogP contribution in [0.15, 0.2) is 12.1 Å². The molecule has 1 aliphatic rings. The van der Waals surface area contributed by atoms with Gasteiger partial charge in [0.1, 0.15) is 10.2 Å². The fraction of sp³-hybridized carbons (Fsp3) is 0.636. The minimum atomic E-state index is -0.525. The first kappa shape index (κ1) is 23.7. The van der Waals surface area contributed by atoms with Gasteiger partial charge in [0.05, 0.1) is 6.04 Å². The van der Waals surface area contributed by atoms with E-state index in [1.807, 2.05) is 39.5 Å². The van der Waals surface area contributed by atoms with Crippen LogP contribution in [0, 0.1) is 12.3 Å². The van der Waals surface area contributed by atoms with Crippen molar-refractivity contribution in [2.75, 3.05) is 25.6 Å². The highest BCUT2D eigenvalue weighted by Crippen LogP contribution is 2.37. The normalized spacial score (nSPS) is 15.0. The third-order valence-electron chi connectivity index (χ3n) is 4.86. The summed E-state index contributed by atoms with van der Waals surface area (Å²) in [5.74, 6) is 0. The molecule has 1 aliphatic carbocycles. The number of aryl methyl sites for hydroxylation is 1. The Kier molecular flexibility index (Phi) is 8.11. The van der Waals surface area contributed by atoms with E-state index in [9.17, 15) is 4.79 Å². The number of ether oxygens (including phenoxy) is 2. The number of carbonyl (C=O) groups is 1. The highest BCUT2D eigenvalue weighted by Gasteiger charge is 2.39. The van der Waals surface area contributed by atoms with Gasteiger partial charge in [-0.15, -0.1) is 0 Å². The molecule has 1 atom stereocenters. The lowest BCUT2D eigenvalue weighted by Gasteiger charge is -2.32. The van der Waals surface area contributed by atoms with Crippen molar-refractivity contribution in [1.82, 2.24) is 4.90 Å². The lowest BCUT2D eigenvalue weighted by Crippen LogP contribution is -2.40. The van der Waals surface area contributed by atoms with Gasteiger partial charge in [0.25, 0.3) is 0 Å². The van der Waals surface area contributed by atoms with E-state index < -0.39 is 5.60 Å². The highest BCUT2D eigenvalue weighted by molar-refractivity contribution is 9.18. The average molecular weight is 468 g/mol. The molecule has 162 valence electrons. The summed E-state index contributed by atoms with van der Waals surface area (Å²) in [5, 5.41) is 11.5. The van der Waals surface area contributed by atoms with Crippen LogP contribution in [-0.4, -0.2) is 47.5 Å². The second-order valence-electron chi connectivity index (χ2n) is 8.64. The number of hydrogen-bond donors (Lipinski definition) is 2. The first-order chi connectivity index (χ1) is 13.5. The van der Waals surface area contributed by atoms with Crippen molar-refractivity contribution in [3.8, 4) is 0 Å². The zero-order valence-electron chi connectivity index (χ0n) is 18.4. The quantitative estimate of drug-likeness (QED) is 0.364. The van der Waals surface area contributed by atoms with Gasteiger partial charge in [-0.1, -0.05) is 6.07 Å². The number of nitrogens with one attached hydrogen (secondary N) is 2. The van der Waals surface area contributed by atoms with Crippen LogP contribution >= 0.6 is 15.9 Å². The Morgan fingerprint density at radius 2 is 2.03 bits per heavy atom. The molecule has 0 bridgehead atoms. The van der Waals surface area contributed by atoms with Crippen LogP contribution in [-0.2, 0) is 9.47 Å². The van der Waals surface area contributed by atoms with Gasteiger partial charge in [0.15, 0.2) is 0 Å². The number of hydrogen-bond acceptors (Lipinski definition) is 5. The average Bonchev–Trinajstić information content (AvgIpc) is 3.41. The number of methoxy groups -OCH3 is 1. The summed E-state index contributed by atoms with van der Waals surface area (Å²) in [6.07, 6.45) is 2.62. The Bertz CT molecular complexity index is 742. The summed E-state index contributed by atoms with van der Waals surface area (Å²) in [7, 11) is 1.69. The SMILES string of the molecule is COCCCNc1cc(C(C)N(C(=O)OC(C)(C)C)C2CC2)cc(C)c1C(=N)Br. The Labute approximate surface area is 183 Å². The number of nitrogens with zero attached hydrogens (tertiary/aromatic N) is 1. The van der Waals surface area contributed by atoms with E-state index in [-0.39, 0.29) is 18.2 Å². The van der Waals surface area contributed by atoms with Gasteiger partial charge in [-0.05, 0) is 87.0 Å². The maximum absolute atomic E-state index is 12.9. The lowest BCUT2D eigenvalue weighted by atomic mass is 9.98. The van der Waals surface area contributed by atoms with Crippen molar-refractivity contribution < 1.29 is 14.3 Å². The lowest BCUT2D eigenvalue weighted by molar-refractivity contribution is 0.0153. The number of amides is 1. The Morgan fingerprint density at radius 3 is 2.55 bits per heavy atom. The van der Waals surface area contributed by atoms with Crippen molar-refractivity contribution in [3.63, 3.8) is 0 Å². The van der Waals surface area contributed by atoms with E-state index in [0.717, 1.165) is 48.2 Å². The summed E-state index contributed by atoms with van der Waals surface area (Å²) in [6, 6.07) is 4.23. The molecular formula is C22H34BrN3O3. The minimum absolute atomic E-state index is 0.117. The van der Waals surface area contributed by atoms with Crippen LogP contribution in [0.2, 0.25) is 0 Å². The molecule has 1 amide bonds. The van der Waals surface area contributed by atoms with Crippen molar-refractivity contribution >= 4 is 32.3 Å². The van der Waals surface area contributed by atoms with Crippen LogP contribution in [0.1, 0.15) is 69.7 Å². The van der Waals surface area contributed by atoms with Gasteiger partial charge in [-0.2, -0.15) is 0 Å². The molecule has 0 aliphatic heterocycles. The standard InChI is InChI=1S/C22H34BrN3O3/c1-14-12-16(13-18(19(14)20(23)24)25-10-7-11-28-6)15(2)26(17-8-9-17)21(27)29-22(3,4)5/h12-13,15,17,24-25H,7-11H2,1-6H3. The molecule has 0 heterocycles. The van der Waals surface area contributed by atoms with Crippen LogP contribution in [0.4, 0.5) is 10.5 Å². The molecule has 1 aromatic rings. The Hall–Kier alpha value is -1.60. The van der Waals surface area contributed by atoms with Gasteiger partial charge in [0.2, 0.25) is 0 Å². The molecule has 0 spiro atoms. The summed E-state index contributed by atoms with van der Waals surface area (Å²) >= 11 is 3.32. The maximum atomic E-state index is 12.9. The van der Waals surface area contributed by atoms with Crippen molar-refractivity contribution in [1.29, 1.82) is 5.41 Å². The maximum Gasteiger partial charge on any atom is 0.411 e. The van der Waals surface area contributed by atoms with Gasteiger partial charge in [-0.3, -0.25) is 10.3 Å². The smallest absolute Gasteiger partial charge is 0.411 e. The predicted octanol–water partition coefficient (Wildman–Crippen LogP) is 5.62. The Balaban J connectivity index is 2.32. The zero-order valence-corrected chi connectivity index (χ0v) is 20.0. The van der Waals surface area contributed by atoms with E-state index in [1.165, 1.54) is 0 Å². The third kappa shape index (κ3) is 6.71. The first-order valence-electron chi connectivity index (χ1n) is 10.2. The molecule has 1 unspecified atom stereocenters. The molecule has 7 heteroatoms. The van der Waals surface area contributed by atoms with E-state index in [0.29, 0.717) is 11.2 Å². The van der Waals surface area contributed by atoms with Crippen LogP contribution < -0.4 is 5.32 Å². The first-order valence-corrected chi connectivity index (χ1v) is 11.0. The van der Waals surface area contributed by atoms with Crippen LogP contribution in [0.5, 0.6) is 0 Å². The van der Waals surface area contributed by atoms with E-state index in [1.54, 1.807) is 7.11 Å². The molecule has 1 saturated carbocycles. The summed E-state index contributed by atoms with van der Waals surface area (Å²) in [4.78, 5) is 14.7. The number of halogens is 1. The number of rotatable bonds is 9. The highest BCUT2D eigenvalue weighted by atomic mass is 79.9. The number of carbonyl (C=O) groups excluding carboxylic acids is 1. The molecule has 1 fully saturated rings. The fourth-order valence-corrected chi connectivity index (χ4v) is 3.90.